The van der Waals surface area contributed by atoms with Crippen LogP contribution in [0.2, 0.25) is 10.0 Å². The molecule has 1 aromatic carbocycles. The summed E-state index contributed by atoms with van der Waals surface area (Å²) >= 11 is 17.5. The fourth-order valence-corrected chi connectivity index (χ4v) is 2.48. The lowest BCUT2D eigenvalue weighted by molar-refractivity contribution is -0.125. The Morgan fingerprint density at radius 2 is 1.56 bits per heavy atom. The smallest absolute Gasteiger partial charge is 0.245 e. The highest BCUT2D eigenvalue weighted by molar-refractivity contribution is 6.37. The van der Waals surface area contributed by atoms with Crippen LogP contribution in [0.3, 0.4) is 0 Å². The molecule has 16 heavy (non-hydrogen) atoms. The molecule has 3 nitrogen and oxygen atoms in total. The lowest BCUT2D eigenvalue weighted by atomic mass is 9.97. The molecule has 1 aliphatic rings. The molecule has 1 aromatic rings. The zero-order valence-electron chi connectivity index (χ0n) is 7.84. The Labute approximate surface area is 107 Å². The third-order valence-electron chi connectivity index (χ3n) is 2.32. The standard InChI is InChI=1S/C10H6Cl3NO2/c11-5-1-4(2-6(12)3-5)7-8(13)10(16)14-9(7)15/h1-3,7-8H,(H,14,15,16). The first-order valence-corrected chi connectivity index (χ1v) is 5.63. The molecule has 0 aliphatic carbocycles. The van der Waals surface area contributed by atoms with Crippen LogP contribution in [0.4, 0.5) is 0 Å². The van der Waals surface area contributed by atoms with Crippen molar-refractivity contribution in [2.45, 2.75) is 11.3 Å². The van der Waals surface area contributed by atoms with Crippen LogP contribution in [0.15, 0.2) is 18.2 Å². The number of hydrogen-bond donors (Lipinski definition) is 1. The molecule has 2 rings (SSSR count). The van der Waals surface area contributed by atoms with E-state index in [-0.39, 0.29) is 0 Å². The van der Waals surface area contributed by atoms with Gasteiger partial charge in [0.25, 0.3) is 0 Å². The second-order valence-corrected chi connectivity index (χ2v) is 4.78. The molecule has 1 N–H and O–H groups in total. The van der Waals surface area contributed by atoms with Crippen molar-refractivity contribution in [1.82, 2.24) is 5.32 Å². The molecule has 1 heterocycles. The van der Waals surface area contributed by atoms with Gasteiger partial charge in [-0.1, -0.05) is 23.2 Å². The van der Waals surface area contributed by atoms with E-state index in [1.807, 2.05) is 0 Å². The van der Waals surface area contributed by atoms with Crippen molar-refractivity contribution in [2.24, 2.45) is 0 Å². The number of hydrogen-bond acceptors (Lipinski definition) is 2. The molecular weight excluding hydrogens is 272 g/mol. The van der Waals surface area contributed by atoms with E-state index in [0.717, 1.165) is 0 Å². The Morgan fingerprint density at radius 1 is 1.00 bits per heavy atom. The van der Waals surface area contributed by atoms with Crippen LogP contribution < -0.4 is 5.32 Å². The maximum atomic E-state index is 11.5. The van der Waals surface area contributed by atoms with Crippen molar-refractivity contribution < 1.29 is 9.59 Å². The van der Waals surface area contributed by atoms with Gasteiger partial charge in [-0.05, 0) is 23.8 Å². The van der Waals surface area contributed by atoms with Gasteiger partial charge in [0.15, 0.2) is 0 Å². The fraction of sp³-hybridized carbons (Fsp3) is 0.200. The Bertz CT molecular complexity index is 455. The summed E-state index contributed by atoms with van der Waals surface area (Å²) in [6.07, 6.45) is 0. The molecule has 0 radical (unpaired) electrons. The molecule has 2 unspecified atom stereocenters. The number of amides is 2. The van der Waals surface area contributed by atoms with Crippen LogP contribution in [0, 0.1) is 0 Å². The SMILES string of the molecule is O=C1NC(=O)C(c2cc(Cl)cc(Cl)c2)C1Cl. The van der Waals surface area contributed by atoms with E-state index >= 15 is 0 Å². The zero-order valence-corrected chi connectivity index (χ0v) is 10.1. The zero-order chi connectivity index (χ0) is 11.9. The average Bonchev–Trinajstić information content (AvgIpc) is 2.39. The highest BCUT2D eigenvalue weighted by atomic mass is 35.5. The number of nitrogens with one attached hydrogen (secondary N) is 1. The lowest BCUT2D eigenvalue weighted by Crippen LogP contribution is -2.22. The molecule has 0 bridgehead atoms. The van der Waals surface area contributed by atoms with Gasteiger partial charge in [0, 0.05) is 10.0 Å². The summed E-state index contributed by atoms with van der Waals surface area (Å²) in [6, 6.07) is 4.70. The number of halogens is 3. The second-order valence-electron chi connectivity index (χ2n) is 3.44. The molecule has 0 saturated carbocycles. The molecule has 1 saturated heterocycles. The minimum Gasteiger partial charge on any atom is -0.295 e. The molecule has 0 aromatic heterocycles. The number of carbonyl (C=O) groups excluding carboxylic acids is 2. The van der Waals surface area contributed by atoms with E-state index in [4.69, 9.17) is 34.8 Å². The van der Waals surface area contributed by atoms with Gasteiger partial charge in [-0.25, -0.2) is 0 Å². The summed E-state index contributed by atoms with van der Waals surface area (Å²) in [6.45, 7) is 0. The summed E-state index contributed by atoms with van der Waals surface area (Å²) in [5, 5.41) is 2.05. The maximum Gasteiger partial charge on any atom is 0.245 e. The highest BCUT2D eigenvalue weighted by Crippen LogP contribution is 2.32. The summed E-state index contributed by atoms with van der Waals surface area (Å²) in [4.78, 5) is 22.7. The molecule has 2 atom stereocenters. The van der Waals surface area contributed by atoms with Crippen LogP contribution in [0.5, 0.6) is 0 Å². The lowest BCUT2D eigenvalue weighted by Gasteiger charge is -2.10. The van der Waals surface area contributed by atoms with E-state index in [1.165, 1.54) is 0 Å². The van der Waals surface area contributed by atoms with Crippen LogP contribution in [-0.4, -0.2) is 17.2 Å². The van der Waals surface area contributed by atoms with Gasteiger partial charge in [0.2, 0.25) is 11.8 Å². The van der Waals surface area contributed by atoms with Crippen molar-refractivity contribution in [3.8, 4) is 0 Å². The molecule has 1 fully saturated rings. The van der Waals surface area contributed by atoms with Crippen molar-refractivity contribution in [3.05, 3.63) is 33.8 Å². The largest absolute Gasteiger partial charge is 0.295 e. The van der Waals surface area contributed by atoms with Gasteiger partial charge in [0.05, 0.1) is 5.92 Å². The number of rotatable bonds is 1. The molecule has 6 heteroatoms. The van der Waals surface area contributed by atoms with Crippen LogP contribution in [0.25, 0.3) is 0 Å². The van der Waals surface area contributed by atoms with E-state index in [1.54, 1.807) is 18.2 Å². The third-order valence-corrected chi connectivity index (χ3v) is 3.20. The van der Waals surface area contributed by atoms with E-state index in [2.05, 4.69) is 5.32 Å². The minimum absolute atomic E-state index is 0.401. The monoisotopic (exact) mass is 277 g/mol. The highest BCUT2D eigenvalue weighted by Gasteiger charge is 2.41. The van der Waals surface area contributed by atoms with Crippen molar-refractivity contribution in [2.75, 3.05) is 0 Å². The van der Waals surface area contributed by atoms with Gasteiger partial charge in [-0.3, -0.25) is 14.9 Å². The number of alkyl halides is 1. The predicted octanol–water partition coefficient (Wildman–Crippen LogP) is 2.34. The topological polar surface area (TPSA) is 46.2 Å². The molecule has 84 valence electrons. The fourth-order valence-electron chi connectivity index (χ4n) is 1.63. The summed E-state index contributed by atoms with van der Waals surface area (Å²) in [5.41, 5.74) is 0.542. The summed E-state index contributed by atoms with van der Waals surface area (Å²) in [7, 11) is 0. The quantitative estimate of drug-likeness (QED) is 0.633. The van der Waals surface area contributed by atoms with Crippen molar-refractivity contribution >= 4 is 46.6 Å². The molecule has 2 amide bonds. The third kappa shape index (κ3) is 2.03. The van der Waals surface area contributed by atoms with Crippen LogP contribution >= 0.6 is 34.8 Å². The van der Waals surface area contributed by atoms with E-state index in [9.17, 15) is 9.59 Å². The van der Waals surface area contributed by atoms with Gasteiger partial charge in [0.1, 0.15) is 5.38 Å². The molecular formula is C10H6Cl3NO2. The number of benzene rings is 1. The first-order chi connectivity index (χ1) is 7.49. The number of imide groups is 1. The van der Waals surface area contributed by atoms with Gasteiger partial charge >= 0.3 is 0 Å². The molecule has 0 spiro atoms. The van der Waals surface area contributed by atoms with Gasteiger partial charge in [-0.15, -0.1) is 11.6 Å². The number of carbonyl (C=O) groups is 2. The minimum atomic E-state index is -0.915. The Hall–Kier alpha value is -0.770. The summed E-state index contributed by atoms with van der Waals surface area (Å²) in [5.74, 6) is -1.65. The average molecular weight is 279 g/mol. The Kier molecular flexibility index (Phi) is 3.10. The Morgan fingerprint density at radius 3 is 2.00 bits per heavy atom. The van der Waals surface area contributed by atoms with Crippen molar-refractivity contribution in [3.63, 3.8) is 0 Å². The van der Waals surface area contributed by atoms with Crippen LogP contribution in [-0.2, 0) is 9.59 Å². The normalized spacial score (nSPS) is 24.7. The second kappa shape index (κ2) is 4.24. The first kappa shape index (κ1) is 11.7. The summed E-state index contributed by atoms with van der Waals surface area (Å²) < 4.78 is 0. The van der Waals surface area contributed by atoms with E-state index in [0.29, 0.717) is 15.6 Å². The maximum absolute atomic E-state index is 11.5. The van der Waals surface area contributed by atoms with Gasteiger partial charge < -0.3 is 0 Å². The van der Waals surface area contributed by atoms with Crippen molar-refractivity contribution in [1.29, 1.82) is 0 Å². The van der Waals surface area contributed by atoms with E-state index < -0.39 is 23.1 Å². The first-order valence-electron chi connectivity index (χ1n) is 4.44. The predicted molar refractivity (Wildman–Crippen MR) is 62.0 cm³/mol. The Balaban J connectivity index is 2.44. The van der Waals surface area contributed by atoms with Crippen LogP contribution in [0.1, 0.15) is 11.5 Å². The molecule has 1 aliphatic heterocycles. The van der Waals surface area contributed by atoms with Gasteiger partial charge in [-0.2, -0.15) is 0 Å².